The van der Waals surface area contributed by atoms with Crippen molar-refractivity contribution in [2.24, 2.45) is 22.4 Å². The minimum atomic E-state index is 0.0208. The molecule has 3 aliphatic rings. The lowest BCUT2D eigenvalue weighted by atomic mass is 9.90. The van der Waals surface area contributed by atoms with Crippen molar-refractivity contribution >= 4 is 23.7 Å². The molecule has 122 valence electrons. The normalized spacial score (nSPS) is 31.0. The second-order valence-corrected chi connectivity index (χ2v) is 7.20. The van der Waals surface area contributed by atoms with E-state index in [1.165, 1.54) is 12.8 Å². The van der Waals surface area contributed by atoms with Crippen molar-refractivity contribution in [3.63, 3.8) is 0 Å². The van der Waals surface area contributed by atoms with Crippen LogP contribution in [-0.4, -0.2) is 18.9 Å². The van der Waals surface area contributed by atoms with Crippen LogP contribution in [0, 0.1) is 17.3 Å². The van der Waals surface area contributed by atoms with Crippen LogP contribution in [0.3, 0.4) is 0 Å². The quantitative estimate of drug-likeness (QED) is 0.681. The van der Waals surface area contributed by atoms with E-state index in [4.69, 9.17) is 21.1 Å². The summed E-state index contributed by atoms with van der Waals surface area (Å²) in [5.74, 6) is 1.93. The number of ether oxygens (including phenoxy) is 2. The number of halogens is 1. The van der Waals surface area contributed by atoms with Gasteiger partial charge in [-0.3, -0.25) is 4.79 Å². The second-order valence-electron chi connectivity index (χ2n) is 6.80. The predicted octanol–water partition coefficient (Wildman–Crippen LogP) is 3.35. The van der Waals surface area contributed by atoms with Gasteiger partial charge in [-0.05, 0) is 30.2 Å². The highest BCUT2D eigenvalue weighted by atomic mass is 35.5. The van der Waals surface area contributed by atoms with Crippen LogP contribution in [0.2, 0.25) is 5.02 Å². The van der Waals surface area contributed by atoms with Crippen molar-refractivity contribution in [1.82, 2.24) is 5.43 Å². The van der Waals surface area contributed by atoms with Gasteiger partial charge in [-0.15, -0.1) is 0 Å². The van der Waals surface area contributed by atoms with Crippen LogP contribution in [0.1, 0.15) is 38.2 Å². The number of carbonyl (C=O) groups is 1. The van der Waals surface area contributed by atoms with Crippen LogP contribution in [0.15, 0.2) is 17.2 Å². The van der Waals surface area contributed by atoms with Crippen LogP contribution in [-0.2, 0) is 4.79 Å². The highest BCUT2D eigenvalue weighted by Gasteiger charge is 2.64. The molecule has 1 amide bonds. The number of rotatable bonds is 3. The summed E-state index contributed by atoms with van der Waals surface area (Å²) in [5.41, 5.74) is 3.55. The maximum absolute atomic E-state index is 12.3. The molecule has 2 saturated carbocycles. The third-order valence-corrected chi connectivity index (χ3v) is 5.81. The zero-order valence-corrected chi connectivity index (χ0v) is 13.7. The zero-order chi connectivity index (χ0) is 16.0. The molecule has 0 radical (unpaired) electrons. The number of fused-ring (bicyclic) bond motifs is 2. The third-order valence-electron chi connectivity index (χ3n) is 5.48. The maximum atomic E-state index is 12.3. The summed E-state index contributed by atoms with van der Waals surface area (Å²) >= 11 is 6.18. The Bertz CT molecular complexity index is 691. The molecular weight excluding hydrogens is 316 g/mol. The average molecular weight is 335 g/mol. The van der Waals surface area contributed by atoms with Crippen molar-refractivity contribution < 1.29 is 14.3 Å². The lowest BCUT2D eigenvalue weighted by Gasteiger charge is -2.15. The summed E-state index contributed by atoms with van der Waals surface area (Å²) in [5, 5.41) is 4.59. The number of hydrogen-bond acceptors (Lipinski definition) is 4. The fourth-order valence-electron chi connectivity index (χ4n) is 4.12. The van der Waals surface area contributed by atoms with E-state index in [0.717, 1.165) is 12.8 Å². The minimum absolute atomic E-state index is 0.0208. The van der Waals surface area contributed by atoms with Crippen LogP contribution < -0.4 is 14.9 Å². The summed E-state index contributed by atoms with van der Waals surface area (Å²) in [6, 6.07) is 3.46. The highest BCUT2D eigenvalue weighted by Crippen LogP contribution is 2.66. The molecule has 1 aromatic rings. The lowest BCUT2D eigenvalue weighted by molar-refractivity contribution is -0.123. The molecule has 2 aliphatic carbocycles. The summed E-state index contributed by atoms with van der Waals surface area (Å²) < 4.78 is 10.6. The van der Waals surface area contributed by atoms with Crippen LogP contribution >= 0.6 is 11.6 Å². The topological polar surface area (TPSA) is 59.9 Å². The predicted molar refractivity (Wildman–Crippen MR) is 86.9 cm³/mol. The molecule has 0 saturated heterocycles. The number of nitrogens with zero attached hydrogens (tertiary/aromatic N) is 1. The van der Waals surface area contributed by atoms with E-state index in [1.807, 2.05) is 0 Å². The molecule has 6 heteroatoms. The van der Waals surface area contributed by atoms with Gasteiger partial charge in [-0.2, -0.15) is 5.10 Å². The molecule has 1 N–H and O–H groups in total. The molecule has 0 bridgehead atoms. The highest BCUT2D eigenvalue weighted by molar-refractivity contribution is 6.33. The Kier molecular flexibility index (Phi) is 3.48. The Morgan fingerprint density at radius 1 is 1.39 bits per heavy atom. The van der Waals surface area contributed by atoms with Gasteiger partial charge in [0.15, 0.2) is 11.5 Å². The van der Waals surface area contributed by atoms with Crippen LogP contribution in [0.4, 0.5) is 0 Å². The van der Waals surface area contributed by atoms with Crippen molar-refractivity contribution in [1.29, 1.82) is 0 Å². The summed E-state index contributed by atoms with van der Waals surface area (Å²) in [7, 11) is 0. The number of benzene rings is 1. The molecule has 1 heterocycles. The van der Waals surface area contributed by atoms with Gasteiger partial charge in [0.05, 0.1) is 11.2 Å². The maximum Gasteiger partial charge on any atom is 0.244 e. The SMILES string of the molecule is C[C@]12CCCC[C@H]1[C@@H]2C(=O)N/N=C\c1cc2c(cc1Cl)OCO2. The number of carbonyl (C=O) groups excluding carboxylic acids is 1. The van der Waals surface area contributed by atoms with Gasteiger partial charge in [0.25, 0.3) is 0 Å². The van der Waals surface area contributed by atoms with Crippen molar-refractivity contribution in [2.75, 3.05) is 6.79 Å². The number of nitrogens with one attached hydrogen (secondary N) is 1. The number of hydrogen-bond donors (Lipinski definition) is 1. The van der Waals surface area contributed by atoms with Crippen molar-refractivity contribution in [3.8, 4) is 11.5 Å². The first-order chi connectivity index (χ1) is 11.1. The van der Waals surface area contributed by atoms with Gasteiger partial charge >= 0.3 is 0 Å². The zero-order valence-electron chi connectivity index (χ0n) is 13.0. The van der Waals surface area contributed by atoms with E-state index in [0.29, 0.717) is 28.0 Å². The fourth-order valence-corrected chi connectivity index (χ4v) is 4.32. The molecule has 1 aromatic carbocycles. The van der Waals surface area contributed by atoms with E-state index in [-0.39, 0.29) is 24.0 Å². The minimum Gasteiger partial charge on any atom is -0.454 e. The van der Waals surface area contributed by atoms with Gasteiger partial charge in [0, 0.05) is 17.5 Å². The van der Waals surface area contributed by atoms with Crippen LogP contribution in [0.25, 0.3) is 0 Å². The number of amides is 1. The van der Waals surface area contributed by atoms with Gasteiger partial charge in [-0.25, -0.2) is 5.43 Å². The molecule has 3 atom stereocenters. The van der Waals surface area contributed by atoms with Gasteiger partial charge < -0.3 is 9.47 Å². The molecule has 0 spiro atoms. The standard InChI is InChI=1S/C17H19ClN2O3/c1-17-5-3-2-4-11(17)15(17)16(21)20-19-8-10-6-13-14(7-12(10)18)23-9-22-13/h6-8,11,15H,2-5,9H2,1H3,(H,20,21)/b19-8-/t11-,15+,17-/m0/s1. The summed E-state index contributed by atoms with van der Waals surface area (Å²) in [6.45, 7) is 2.42. The average Bonchev–Trinajstić information content (AvgIpc) is 2.91. The molecule has 0 aromatic heterocycles. The molecule has 2 fully saturated rings. The molecule has 5 nitrogen and oxygen atoms in total. The van der Waals surface area contributed by atoms with Gasteiger partial charge in [0.2, 0.25) is 12.7 Å². The largest absolute Gasteiger partial charge is 0.454 e. The first-order valence-corrected chi connectivity index (χ1v) is 8.39. The Labute approximate surface area is 140 Å². The Morgan fingerprint density at radius 3 is 2.91 bits per heavy atom. The van der Waals surface area contributed by atoms with Crippen molar-refractivity contribution in [3.05, 3.63) is 22.7 Å². The van der Waals surface area contributed by atoms with Crippen LogP contribution in [0.5, 0.6) is 11.5 Å². The van der Waals surface area contributed by atoms with Crippen molar-refractivity contribution in [2.45, 2.75) is 32.6 Å². The van der Waals surface area contributed by atoms with E-state index in [2.05, 4.69) is 17.5 Å². The van der Waals surface area contributed by atoms with E-state index in [1.54, 1.807) is 18.3 Å². The van der Waals surface area contributed by atoms with Gasteiger partial charge in [-0.1, -0.05) is 31.4 Å². The molecule has 23 heavy (non-hydrogen) atoms. The third kappa shape index (κ3) is 2.47. The van der Waals surface area contributed by atoms with Gasteiger partial charge in [0.1, 0.15) is 0 Å². The molecule has 0 unspecified atom stereocenters. The Hall–Kier alpha value is -1.75. The van der Waals surface area contributed by atoms with E-state index in [9.17, 15) is 4.79 Å². The molecule has 4 rings (SSSR count). The summed E-state index contributed by atoms with van der Waals surface area (Å²) in [4.78, 5) is 12.3. The monoisotopic (exact) mass is 334 g/mol. The first-order valence-electron chi connectivity index (χ1n) is 8.02. The first kappa shape index (κ1) is 14.8. The lowest BCUT2D eigenvalue weighted by Crippen LogP contribution is -2.22. The fraction of sp³-hybridized carbons (Fsp3) is 0.529. The molecular formula is C17H19ClN2O3. The second kappa shape index (κ2) is 5.41. The smallest absolute Gasteiger partial charge is 0.244 e. The van der Waals surface area contributed by atoms with E-state index < -0.39 is 0 Å². The van der Waals surface area contributed by atoms with E-state index >= 15 is 0 Å². The molecule has 1 aliphatic heterocycles. The number of hydrazone groups is 1. The Morgan fingerprint density at radius 2 is 2.17 bits per heavy atom. The Balaban J connectivity index is 1.41. The summed E-state index contributed by atoms with van der Waals surface area (Å²) in [6.07, 6.45) is 6.32.